The van der Waals surface area contributed by atoms with Gasteiger partial charge in [0.25, 0.3) is 0 Å². The molecule has 0 amide bonds. The summed E-state index contributed by atoms with van der Waals surface area (Å²) in [5.74, 6) is 5.88. The lowest BCUT2D eigenvalue weighted by atomic mass is 9.83. The summed E-state index contributed by atoms with van der Waals surface area (Å²) in [6.45, 7) is 3.39. The van der Waals surface area contributed by atoms with Gasteiger partial charge in [-0.2, -0.15) is 0 Å². The van der Waals surface area contributed by atoms with E-state index in [0.29, 0.717) is 27.8 Å². The highest BCUT2D eigenvalue weighted by atomic mass is 16.1. The molecule has 0 heterocycles. The molecule has 0 aromatic heterocycles. The minimum atomic E-state index is -0.106. The van der Waals surface area contributed by atoms with Crippen LogP contribution in [0.5, 0.6) is 0 Å². The Bertz CT molecular complexity index is 875. The molecule has 2 nitrogen and oxygen atoms in total. The number of carbonyl (C=O) groups is 2. The van der Waals surface area contributed by atoms with Crippen LogP contribution in [0.2, 0.25) is 0 Å². The minimum Gasteiger partial charge on any atom is -0.289 e. The highest BCUT2D eigenvalue weighted by Crippen LogP contribution is 2.28. The lowest BCUT2D eigenvalue weighted by Gasteiger charge is -2.17. The second-order valence-electron chi connectivity index (χ2n) is 5.25. The van der Waals surface area contributed by atoms with Crippen LogP contribution in [0.1, 0.15) is 45.7 Å². The molecule has 0 N–H and O–H groups in total. The number of fused-ring (bicyclic) bond motifs is 1. The summed E-state index contributed by atoms with van der Waals surface area (Å²) in [6, 6.07) is 14.8. The lowest BCUT2D eigenvalue weighted by molar-refractivity contribution is 0.0974. The minimum absolute atomic E-state index is 0.0875. The van der Waals surface area contributed by atoms with E-state index >= 15 is 0 Å². The summed E-state index contributed by atoms with van der Waals surface area (Å²) in [5.41, 5.74) is 3.38. The fraction of sp³-hybridized carbons (Fsp3) is 0.100. The molecule has 2 heteroatoms. The van der Waals surface area contributed by atoms with Gasteiger partial charge >= 0.3 is 0 Å². The summed E-state index contributed by atoms with van der Waals surface area (Å²) < 4.78 is 0. The van der Waals surface area contributed by atoms with Crippen molar-refractivity contribution in [2.24, 2.45) is 0 Å². The number of Topliss-reactive ketones (excluding diaryl/α,β-unsaturated/α-hetero) is 2. The number of allylic oxidation sites excluding steroid dienone is 2. The van der Waals surface area contributed by atoms with Crippen molar-refractivity contribution in [3.63, 3.8) is 0 Å². The Labute approximate surface area is 129 Å². The van der Waals surface area contributed by atoms with Crippen LogP contribution in [0.3, 0.4) is 0 Å². The topological polar surface area (TPSA) is 34.1 Å². The summed E-state index contributed by atoms with van der Waals surface area (Å²) in [4.78, 5) is 24.9. The first-order valence-corrected chi connectivity index (χ1v) is 7.06. The molecule has 0 atom stereocenters. The monoisotopic (exact) mass is 286 g/mol. The molecule has 0 unspecified atom stereocenters. The van der Waals surface area contributed by atoms with Gasteiger partial charge in [-0.3, -0.25) is 9.59 Å². The third kappa shape index (κ3) is 2.27. The second-order valence-corrected chi connectivity index (χ2v) is 5.25. The van der Waals surface area contributed by atoms with Gasteiger partial charge in [-0.15, -0.1) is 0 Å². The van der Waals surface area contributed by atoms with Gasteiger partial charge in [-0.05, 0) is 32.0 Å². The van der Waals surface area contributed by atoms with Crippen molar-refractivity contribution < 1.29 is 9.59 Å². The van der Waals surface area contributed by atoms with Crippen molar-refractivity contribution in [2.75, 3.05) is 0 Å². The predicted octanol–water partition coefficient (Wildman–Crippen LogP) is 3.80. The molecule has 22 heavy (non-hydrogen) atoms. The van der Waals surface area contributed by atoms with Crippen molar-refractivity contribution in [3.8, 4) is 11.8 Å². The van der Waals surface area contributed by atoms with Gasteiger partial charge in [0.2, 0.25) is 0 Å². The van der Waals surface area contributed by atoms with E-state index < -0.39 is 0 Å². The summed E-state index contributed by atoms with van der Waals surface area (Å²) in [7, 11) is 0. The van der Waals surface area contributed by atoms with Crippen LogP contribution in [0, 0.1) is 11.8 Å². The van der Waals surface area contributed by atoms with Crippen molar-refractivity contribution in [3.05, 3.63) is 81.9 Å². The molecule has 0 fully saturated rings. The SMILES string of the molecule is CC1=C(C)C(=O)c2c(C#Cc3ccccc3)cccc2C1=O. The molecule has 2 aromatic rings. The molecule has 0 saturated carbocycles. The molecular formula is C20H14O2. The van der Waals surface area contributed by atoms with Gasteiger partial charge in [-0.1, -0.05) is 42.2 Å². The third-order valence-corrected chi connectivity index (χ3v) is 3.90. The Morgan fingerprint density at radius 3 is 2.14 bits per heavy atom. The van der Waals surface area contributed by atoms with E-state index in [1.807, 2.05) is 30.3 Å². The molecule has 3 rings (SSSR count). The molecule has 1 aliphatic carbocycles. The zero-order chi connectivity index (χ0) is 15.7. The average Bonchev–Trinajstić information content (AvgIpc) is 2.56. The van der Waals surface area contributed by atoms with Crippen LogP contribution < -0.4 is 0 Å². The third-order valence-electron chi connectivity index (χ3n) is 3.90. The summed E-state index contributed by atoms with van der Waals surface area (Å²) in [5, 5.41) is 0. The van der Waals surface area contributed by atoms with Crippen molar-refractivity contribution >= 4 is 11.6 Å². The highest BCUT2D eigenvalue weighted by Gasteiger charge is 2.29. The van der Waals surface area contributed by atoms with Crippen LogP contribution >= 0.6 is 0 Å². The Kier molecular flexibility index (Phi) is 3.48. The lowest BCUT2D eigenvalue weighted by Crippen LogP contribution is -2.20. The quantitative estimate of drug-likeness (QED) is 0.690. The van der Waals surface area contributed by atoms with E-state index in [-0.39, 0.29) is 11.6 Å². The first-order chi connectivity index (χ1) is 10.6. The number of hydrogen-bond acceptors (Lipinski definition) is 2. The molecule has 0 bridgehead atoms. The molecule has 0 saturated heterocycles. The van der Waals surface area contributed by atoms with Gasteiger partial charge in [0.15, 0.2) is 11.6 Å². The van der Waals surface area contributed by atoms with E-state index in [0.717, 1.165) is 5.56 Å². The Morgan fingerprint density at radius 1 is 0.727 bits per heavy atom. The molecule has 0 spiro atoms. The zero-order valence-corrected chi connectivity index (χ0v) is 12.4. The Balaban J connectivity index is 2.14. The van der Waals surface area contributed by atoms with Crippen LogP contribution in [0.25, 0.3) is 0 Å². The average molecular weight is 286 g/mol. The molecule has 2 aromatic carbocycles. The molecule has 0 radical (unpaired) electrons. The maximum Gasteiger partial charge on any atom is 0.191 e. The van der Waals surface area contributed by atoms with Crippen LogP contribution in [0.4, 0.5) is 0 Å². The van der Waals surface area contributed by atoms with E-state index in [1.54, 1.807) is 32.0 Å². The molecule has 0 aliphatic heterocycles. The highest BCUT2D eigenvalue weighted by molar-refractivity contribution is 6.27. The number of ketones is 2. The predicted molar refractivity (Wildman–Crippen MR) is 85.9 cm³/mol. The number of benzene rings is 2. The first-order valence-electron chi connectivity index (χ1n) is 7.06. The fourth-order valence-corrected chi connectivity index (χ4v) is 2.48. The van der Waals surface area contributed by atoms with E-state index in [2.05, 4.69) is 11.8 Å². The van der Waals surface area contributed by atoms with Crippen molar-refractivity contribution in [1.29, 1.82) is 0 Å². The smallest absolute Gasteiger partial charge is 0.191 e. The standard InChI is InChI=1S/C20H14O2/c1-13-14(2)20(22)18-16(9-6-10-17(18)19(13)21)12-11-15-7-4-3-5-8-15/h3-10H,1-2H3. The van der Waals surface area contributed by atoms with Gasteiger partial charge in [0.1, 0.15) is 0 Å². The van der Waals surface area contributed by atoms with Gasteiger partial charge in [-0.25, -0.2) is 0 Å². The van der Waals surface area contributed by atoms with E-state index in [9.17, 15) is 9.59 Å². The second kappa shape index (κ2) is 5.46. The van der Waals surface area contributed by atoms with Crippen LogP contribution in [-0.2, 0) is 0 Å². The van der Waals surface area contributed by atoms with Crippen LogP contribution in [-0.4, -0.2) is 11.6 Å². The Morgan fingerprint density at radius 2 is 1.41 bits per heavy atom. The van der Waals surface area contributed by atoms with Gasteiger partial charge in [0, 0.05) is 33.4 Å². The summed E-state index contributed by atoms with van der Waals surface area (Å²) >= 11 is 0. The van der Waals surface area contributed by atoms with Gasteiger partial charge < -0.3 is 0 Å². The zero-order valence-electron chi connectivity index (χ0n) is 12.4. The first kappa shape index (κ1) is 14.0. The number of carbonyl (C=O) groups excluding carboxylic acids is 2. The van der Waals surface area contributed by atoms with Gasteiger partial charge in [0.05, 0.1) is 0 Å². The van der Waals surface area contributed by atoms with Crippen molar-refractivity contribution in [1.82, 2.24) is 0 Å². The summed E-state index contributed by atoms with van der Waals surface area (Å²) in [6.07, 6.45) is 0. The number of hydrogen-bond donors (Lipinski definition) is 0. The molecule has 106 valence electrons. The molecular weight excluding hydrogens is 272 g/mol. The number of rotatable bonds is 0. The van der Waals surface area contributed by atoms with E-state index in [4.69, 9.17) is 0 Å². The largest absolute Gasteiger partial charge is 0.289 e. The molecule has 1 aliphatic rings. The maximum atomic E-state index is 12.5. The Hall–Kier alpha value is -2.92. The van der Waals surface area contributed by atoms with Crippen LogP contribution in [0.15, 0.2) is 59.7 Å². The van der Waals surface area contributed by atoms with Crippen molar-refractivity contribution in [2.45, 2.75) is 13.8 Å². The normalized spacial score (nSPS) is 13.5. The fourth-order valence-electron chi connectivity index (χ4n) is 2.48. The maximum absolute atomic E-state index is 12.5. The van der Waals surface area contributed by atoms with E-state index in [1.165, 1.54) is 0 Å².